The van der Waals surface area contributed by atoms with Gasteiger partial charge in [-0.2, -0.15) is 0 Å². The highest BCUT2D eigenvalue weighted by Gasteiger charge is 2.35. The van der Waals surface area contributed by atoms with Gasteiger partial charge in [-0.1, -0.05) is 74.5 Å². The number of nitrogens with zero attached hydrogens (tertiary/aromatic N) is 1. The summed E-state index contributed by atoms with van der Waals surface area (Å²) in [6, 6.07) is 12.1. The van der Waals surface area contributed by atoms with Gasteiger partial charge in [0.25, 0.3) is 0 Å². The van der Waals surface area contributed by atoms with Gasteiger partial charge in [0, 0.05) is 61.4 Å². The minimum Gasteiger partial charge on any atom is -0.481 e. The van der Waals surface area contributed by atoms with Gasteiger partial charge in [-0.15, -0.1) is 0 Å². The van der Waals surface area contributed by atoms with Gasteiger partial charge in [-0.25, -0.2) is 26.7 Å². The second-order valence-electron chi connectivity index (χ2n) is 17.5. The van der Waals surface area contributed by atoms with E-state index >= 15 is 0 Å². The lowest BCUT2D eigenvalue weighted by atomic mass is 9.87. The number of benzene rings is 3. The molecule has 0 aromatic heterocycles. The van der Waals surface area contributed by atoms with Crippen molar-refractivity contribution in [3.8, 4) is 0 Å². The van der Waals surface area contributed by atoms with Gasteiger partial charge in [-0.3, -0.25) is 43.3 Å². The number of allylic oxidation sites excluding steroid dienone is 1. The van der Waals surface area contributed by atoms with E-state index in [1.807, 2.05) is 0 Å². The van der Waals surface area contributed by atoms with E-state index in [9.17, 15) is 70.2 Å². The van der Waals surface area contributed by atoms with E-state index in [1.54, 1.807) is 80.7 Å². The number of Topliss-reactive ketones (excluding diaryl/α,β-unsaturated/α-hetero) is 3. The number of amides is 4. The third-order valence-electron chi connectivity index (χ3n) is 11.7. The van der Waals surface area contributed by atoms with Crippen LogP contribution in [-0.2, 0) is 62.4 Å². The molecule has 4 rings (SSSR count). The molecule has 0 bridgehead atoms. The van der Waals surface area contributed by atoms with Crippen LogP contribution in [0, 0.1) is 52.8 Å². The maximum atomic E-state index is 14.5. The Hall–Kier alpha value is -7.45. The first-order valence-electron chi connectivity index (χ1n) is 22.5. The summed E-state index contributed by atoms with van der Waals surface area (Å²) in [7, 11) is 0. The smallest absolute Gasteiger partial charge is 0.326 e. The number of aliphatic imine (C=N–C) groups is 1. The summed E-state index contributed by atoms with van der Waals surface area (Å²) in [6.45, 7) is 3.93. The minimum absolute atomic E-state index is 0.0214. The van der Waals surface area contributed by atoms with Gasteiger partial charge < -0.3 is 31.5 Å². The number of rotatable bonds is 28. The molecule has 0 radical (unpaired) electrons. The fourth-order valence-corrected chi connectivity index (χ4v) is 7.71. The molecule has 21 heteroatoms. The Morgan fingerprint density at radius 3 is 1.70 bits per heavy atom. The first-order valence-corrected chi connectivity index (χ1v) is 22.5. The van der Waals surface area contributed by atoms with Crippen LogP contribution in [0.4, 0.5) is 22.0 Å². The molecule has 0 saturated heterocycles. The van der Waals surface area contributed by atoms with Crippen LogP contribution in [0.3, 0.4) is 0 Å². The first kappa shape index (κ1) is 56.1. The van der Waals surface area contributed by atoms with Crippen molar-refractivity contribution in [1.82, 2.24) is 21.3 Å². The predicted molar refractivity (Wildman–Crippen MR) is 245 cm³/mol. The Morgan fingerprint density at radius 2 is 1.17 bits per heavy atom. The lowest BCUT2D eigenvalue weighted by Gasteiger charge is -2.24. The average molecular weight is 996 g/mol. The summed E-state index contributed by atoms with van der Waals surface area (Å²) in [5.74, 6) is -24.0. The minimum atomic E-state index is -2.41. The number of halogens is 5. The zero-order valence-electron chi connectivity index (χ0n) is 38.9. The molecule has 0 aliphatic carbocycles. The van der Waals surface area contributed by atoms with E-state index in [-0.39, 0.29) is 19.3 Å². The molecule has 0 spiro atoms. The van der Waals surface area contributed by atoms with Crippen LogP contribution in [0.15, 0.2) is 77.4 Å². The summed E-state index contributed by atoms with van der Waals surface area (Å²) >= 11 is 0. The summed E-state index contributed by atoms with van der Waals surface area (Å²) in [4.78, 5) is 122. The summed E-state index contributed by atoms with van der Waals surface area (Å²) in [5, 5.41) is 28.0. The van der Waals surface area contributed by atoms with Gasteiger partial charge in [0.1, 0.15) is 6.04 Å². The zero-order valence-corrected chi connectivity index (χ0v) is 38.9. The Morgan fingerprint density at radius 1 is 0.606 bits per heavy atom. The lowest BCUT2D eigenvalue weighted by molar-refractivity contribution is -0.148. The summed E-state index contributed by atoms with van der Waals surface area (Å²) < 4.78 is 70.7. The number of carbonyl (C=O) groups excluding carboxylic acids is 7. The highest BCUT2D eigenvalue weighted by Crippen LogP contribution is 2.25. The Kier molecular flexibility index (Phi) is 21.0. The second-order valence-corrected chi connectivity index (χ2v) is 17.5. The molecular weight excluding hydrogens is 942 g/mol. The molecule has 16 nitrogen and oxygen atoms in total. The molecule has 4 amide bonds. The van der Waals surface area contributed by atoms with Crippen LogP contribution in [0.5, 0.6) is 0 Å². The average Bonchev–Trinajstić information content (AvgIpc) is 3.85. The molecule has 1 aliphatic rings. The third kappa shape index (κ3) is 16.9. The van der Waals surface area contributed by atoms with E-state index in [0.29, 0.717) is 23.1 Å². The molecular formula is C50H54F5N5O11. The summed E-state index contributed by atoms with van der Waals surface area (Å²) in [6.07, 6.45) is -0.483. The van der Waals surface area contributed by atoms with Crippen LogP contribution in [0.2, 0.25) is 0 Å². The molecule has 3 aromatic rings. The second kappa shape index (κ2) is 26.5. The number of carboxylic acid groups (broad SMARTS) is 2. The van der Waals surface area contributed by atoms with E-state index in [1.165, 1.54) is 13.1 Å². The molecule has 6 N–H and O–H groups in total. The SMILES string of the molecule is CC(NC(=O)C(CC(=O)CNC(=O)C(CC(=O)C(Cc1ccccc1)NC(=O)Cc1c(F)c(F)c(F)c(F)c1F)Cc1ccccc1)CC1=CN=CC1)C(=O)CC(C(=O)NC(CC(=O)O)C(=O)O)C(C)C. The first-order chi connectivity index (χ1) is 33.6. The van der Waals surface area contributed by atoms with Gasteiger partial charge in [0.2, 0.25) is 29.4 Å². The number of aliphatic carboxylic acids is 2. The maximum Gasteiger partial charge on any atom is 0.326 e. The number of hydrogen-bond acceptors (Lipinski definition) is 10. The maximum absolute atomic E-state index is 14.5. The number of nitrogens with one attached hydrogen (secondary N) is 4. The number of ketones is 3. The molecule has 380 valence electrons. The van der Waals surface area contributed by atoms with Gasteiger partial charge in [-0.05, 0) is 48.8 Å². The molecule has 1 aliphatic heterocycles. The van der Waals surface area contributed by atoms with E-state index in [2.05, 4.69) is 26.3 Å². The molecule has 6 atom stereocenters. The molecule has 6 unspecified atom stereocenters. The Labute approximate surface area is 404 Å². The van der Waals surface area contributed by atoms with Gasteiger partial charge in [0.05, 0.1) is 31.5 Å². The highest BCUT2D eigenvalue weighted by molar-refractivity contribution is 5.97. The van der Waals surface area contributed by atoms with E-state index in [0.717, 1.165) is 0 Å². The Bertz CT molecular complexity index is 2510. The van der Waals surface area contributed by atoms with Crippen LogP contribution in [-0.4, -0.2) is 94.0 Å². The van der Waals surface area contributed by atoms with E-state index < -0.39 is 168 Å². The van der Waals surface area contributed by atoms with Crippen molar-refractivity contribution in [2.45, 2.75) is 96.7 Å². The Balaban J connectivity index is 1.48. The van der Waals surface area contributed by atoms with Gasteiger partial charge in [0.15, 0.2) is 40.6 Å². The zero-order chi connectivity index (χ0) is 52.5. The molecule has 71 heavy (non-hydrogen) atoms. The number of hydrogen-bond donors (Lipinski definition) is 6. The molecule has 3 aromatic carbocycles. The summed E-state index contributed by atoms with van der Waals surface area (Å²) in [5.41, 5.74) is 0.357. The largest absolute Gasteiger partial charge is 0.481 e. The van der Waals surface area contributed by atoms with Crippen LogP contribution in [0.1, 0.15) is 76.0 Å². The topological polar surface area (TPSA) is 255 Å². The standard InChI is InChI=1S/C50H54F5N5O11/c1-26(2)34(49(69)60-37(50(70)71)23-41(65)66)21-38(62)27(3)58-48(68)31(17-30-14-15-56-24-30)19-33(61)25-57-47(67)32(16-28-10-6-4-7-11-28)20-39(63)36(18-29-12-8-5-9-13-29)59-40(64)22-35-42(51)44(53)46(55)45(54)43(35)52/h4-13,15,24,26-27,31-32,34,36-37H,14,16-23,25H2,1-3H3,(H,57,67)(H,58,68)(H,59,64)(H,60,69)(H,65,66)(H,70,71). The van der Waals surface area contributed by atoms with Gasteiger partial charge >= 0.3 is 11.9 Å². The van der Waals surface area contributed by atoms with Crippen molar-refractivity contribution in [1.29, 1.82) is 0 Å². The van der Waals surface area contributed by atoms with Crippen molar-refractivity contribution in [3.05, 3.63) is 118 Å². The van der Waals surface area contributed by atoms with Crippen molar-refractivity contribution < 1.29 is 75.3 Å². The quantitative estimate of drug-likeness (QED) is 0.0331. The number of carbonyl (C=O) groups is 9. The molecule has 0 fully saturated rings. The number of carboxylic acids is 2. The van der Waals surface area contributed by atoms with E-state index in [4.69, 9.17) is 5.11 Å². The van der Waals surface area contributed by atoms with Crippen molar-refractivity contribution in [3.63, 3.8) is 0 Å². The monoisotopic (exact) mass is 995 g/mol. The normalized spacial score (nSPS) is 14.5. The molecule has 1 heterocycles. The van der Waals surface area contributed by atoms with Crippen molar-refractivity contribution in [2.24, 2.45) is 28.7 Å². The fourth-order valence-electron chi connectivity index (χ4n) is 7.71. The third-order valence-corrected chi connectivity index (χ3v) is 11.7. The van der Waals surface area contributed by atoms with Crippen LogP contribution >= 0.6 is 0 Å². The lowest BCUT2D eigenvalue weighted by Crippen LogP contribution is -2.48. The van der Waals surface area contributed by atoms with Crippen molar-refractivity contribution in [2.75, 3.05) is 6.54 Å². The molecule has 0 saturated carbocycles. The predicted octanol–water partition coefficient (Wildman–Crippen LogP) is 4.69. The van der Waals surface area contributed by atoms with Crippen LogP contribution in [0.25, 0.3) is 0 Å². The van der Waals surface area contributed by atoms with Crippen molar-refractivity contribution >= 4 is 59.1 Å². The van der Waals surface area contributed by atoms with Crippen LogP contribution < -0.4 is 21.3 Å². The highest BCUT2D eigenvalue weighted by atomic mass is 19.2. The fraction of sp³-hybridized carbons (Fsp3) is 0.400.